The van der Waals surface area contributed by atoms with E-state index in [2.05, 4.69) is 32.7 Å². The van der Waals surface area contributed by atoms with Crippen molar-refractivity contribution in [2.45, 2.75) is 97.7 Å². The monoisotopic (exact) mass is 583 g/mol. The number of carbonyl (C=O) groups excluding carboxylic acids is 3. The van der Waals surface area contributed by atoms with E-state index in [4.69, 9.17) is 18.9 Å². The zero-order valence-electron chi connectivity index (χ0n) is 26.0. The summed E-state index contributed by atoms with van der Waals surface area (Å²) in [5.41, 5.74) is 0.780. The molecular weight excluding hydrogens is 534 g/mol. The van der Waals surface area contributed by atoms with E-state index in [0.29, 0.717) is 66.5 Å². The van der Waals surface area contributed by atoms with Gasteiger partial charge in [-0.25, -0.2) is 9.78 Å². The van der Waals surface area contributed by atoms with E-state index in [1.807, 2.05) is 0 Å². The SMILES string of the molecule is CC[C@H]1[C@@H](OC=O)[C@@H]2[C@H](CC[C@]3(C)[C@@H]([C@H](C)CCOc4ccc(C(=O)OC)cn4)CC[C@@H]23)[C@@]2(C)CC[C@@H](OC=O)C[C@@H]12. The number of esters is 1. The number of fused-ring (bicyclic) bond motifs is 5. The van der Waals surface area contributed by atoms with E-state index < -0.39 is 5.97 Å². The number of pyridine rings is 1. The summed E-state index contributed by atoms with van der Waals surface area (Å²) in [6.07, 6.45) is 10.9. The Kier molecular flexibility index (Phi) is 9.19. The van der Waals surface area contributed by atoms with E-state index in [1.54, 1.807) is 12.1 Å². The van der Waals surface area contributed by atoms with Crippen LogP contribution in [0.5, 0.6) is 5.88 Å². The Labute approximate surface area is 250 Å². The molecule has 4 aliphatic carbocycles. The Balaban J connectivity index is 1.30. The second kappa shape index (κ2) is 12.5. The van der Waals surface area contributed by atoms with Gasteiger partial charge < -0.3 is 18.9 Å². The maximum atomic E-state index is 11.9. The molecule has 0 unspecified atom stereocenters. The molecule has 11 atom stereocenters. The third-order valence-electron chi connectivity index (χ3n) is 12.5. The first-order chi connectivity index (χ1) is 20.2. The van der Waals surface area contributed by atoms with Crippen molar-refractivity contribution in [3.8, 4) is 5.88 Å². The van der Waals surface area contributed by atoms with Crippen LogP contribution in [0.1, 0.15) is 95.8 Å². The zero-order chi connectivity index (χ0) is 30.1. The Hall–Kier alpha value is -2.64. The fourth-order valence-electron chi connectivity index (χ4n) is 10.6. The molecule has 0 spiro atoms. The third kappa shape index (κ3) is 5.32. The highest BCUT2D eigenvalue weighted by molar-refractivity contribution is 5.88. The van der Waals surface area contributed by atoms with Crippen LogP contribution in [0.25, 0.3) is 0 Å². The van der Waals surface area contributed by atoms with Gasteiger partial charge in [-0.05, 0) is 110 Å². The molecule has 232 valence electrons. The highest BCUT2D eigenvalue weighted by atomic mass is 16.5. The molecule has 0 amide bonds. The number of methoxy groups -OCH3 is 1. The van der Waals surface area contributed by atoms with Gasteiger partial charge in [-0.15, -0.1) is 0 Å². The summed E-state index contributed by atoms with van der Waals surface area (Å²) in [7, 11) is 1.36. The number of ether oxygens (including phenoxy) is 4. The third-order valence-corrected chi connectivity index (χ3v) is 12.5. The molecule has 4 aliphatic rings. The van der Waals surface area contributed by atoms with Gasteiger partial charge in [-0.1, -0.05) is 27.7 Å². The van der Waals surface area contributed by atoms with Gasteiger partial charge in [0.05, 0.1) is 19.3 Å². The summed E-state index contributed by atoms with van der Waals surface area (Å²) in [5.74, 6) is 3.26. The Morgan fingerprint density at radius 3 is 2.43 bits per heavy atom. The molecule has 5 rings (SSSR count). The van der Waals surface area contributed by atoms with Gasteiger partial charge in [0.1, 0.15) is 12.2 Å². The molecule has 4 fully saturated rings. The molecule has 0 bridgehead atoms. The maximum absolute atomic E-state index is 11.9. The van der Waals surface area contributed by atoms with Crippen LogP contribution in [0, 0.1) is 52.3 Å². The molecule has 0 aromatic carbocycles. The summed E-state index contributed by atoms with van der Waals surface area (Å²) in [6, 6.07) is 3.40. The van der Waals surface area contributed by atoms with Crippen molar-refractivity contribution in [1.29, 1.82) is 0 Å². The van der Waals surface area contributed by atoms with Gasteiger partial charge >= 0.3 is 5.97 Å². The summed E-state index contributed by atoms with van der Waals surface area (Å²) >= 11 is 0. The van der Waals surface area contributed by atoms with Gasteiger partial charge in [-0.2, -0.15) is 0 Å². The number of hydrogen-bond donors (Lipinski definition) is 0. The second-order valence-electron chi connectivity index (χ2n) is 14.0. The van der Waals surface area contributed by atoms with Gasteiger partial charge in [0, 0.05) is 18.2 Å². The normalized spacial score (nSPS) is 39.5. The van der Waals surface area contributed by atoms with Crippen molar-refractivity contribution in [3.63, 3.8) is 0 Å². The first kappa shape index (κ1) is 30.8. The van der Waals surface area contributed by atoms with Crippen molar-refractivity contribution < 1.29 is 33.3 Å². The second-order valence-corrected chi connectivity index (χ2v) is 14.0. The fraction of sp³-hybridized carbons (Fsp3) is 0.765. The van der Waals surface area contributed by atoms with Gasteiger partial charge in [0.25, 0.3) is 12.9 Å². The number of carbonyl (C=O) groups is 3. The summed E-state index contributed by atoms with van der Waals surface area (Å²) in [4.78, 5) is 39.0. The number of aromatic nitrogens is 1. The molecule has 1 aromatic rings. The molecule has 0 radical (unpaired) electrons. The minimum absolute atomic E-state index is 0.0307. The summed E-state index contributed by atoms with van der Waals surface area (Å²) in [5, 5.41) is 0. The first-order valence-corrected chi connectivity index (χ1v) is 16.1. The fourth-order valence-corrected chi connectivity index (χ4v) is 10.6. The lowest BCUT2D eigenvalue weighted by Crippen LogP contribution is -2.62. The summed E-state index contributed by atoms with van der Waals surface area (Å²) < 4.78 is 22.3. The molecule has 1 aromatic heterocycles. The molecular formula is C34H49NO7. The molecule has 1 heterocycles. The number of rotatable bonds is 11. The molecule has 4 saturated carbocycles. The predicted molar refractivity (Wildman–Crippen MR) is 156 cm³/mol. The van der Waals surface area contributed by atoms with Crippen LogP contribution in [0.15, 0.2) is 18.3 Å². The average Bonchev–Trinajstić information content (AvgIpc) is 3.35. The van der Waals surface area contributed by atoms with Crippen molar-refractivity contribution in [3.05, 3.63) is 23.9 Å². The van der Waals surface area contributed by atoms with Crippen molar-refractivity contribution in [2.75, 3.05) is 13.7 Å². The predicted octanol–water partition coefficient (Wildman–Crippen LogP) is 6.26. The van der Waals surface area contributed by atoms with Crippen LogP contribution in [-0.4, -0.2) is 49.8 Å². The number of hydrogen-bond acceptors (Lipinski definition) is 8. The smallest absolute Gasteiger partial charge is 0.339 e. The highest BCUT2D eigenvalue weighted by Gasteiger charge is 2.66. The Morgan fingerprint density at radius 2 is 1.76 bits per heavy atom. The summed E-state index contributed by atoms with van der Waals surface area (Å²) in [6.45, 7) is 11.5. The van der Waals surface area contributed by atoms with E-state index in [-0.39, 0.29) is 29.0 Å². The van der Waals surface area contributed by atoms with Gasteiger partial charge in [0.15, 0.2) is 0 Å². The zero-order valence-corrected chi connectivity index (χ0v) is 26.0. The lowest BCUT2D eigenvalue weighted by Gasteiger charge is -2.65. The van der Waals surface area contributed by atoms with Crippen molar-refractivity contribution in [2.24, 2.45) is 52.3 Å². The van der Waals surface area contributed by atoms with Crippen LogP contribution in [0.2, 0.25) is 0 Å². The quantitative estimate of drug-likeness (QED) is 0.171. The van der Waals surface area contributed by atoms with Crippen LogP contribution in [0.4, 0.5) is 0 Å². The van der Waals surface area contributed by atoms with Gasteiger partial charge in [-0.3, -0.25) is 9.59 Å². The minimum atomic E-state index is -0.408. The Morgan fingerprint density at radius 1 is 1.02 bits per heavy atom. The van der Waals surface area contributed by atoms with Crippen molar-refractivity contribution >= 4 is 18.9 Å². The first-order valence-electron chi connectivity index (χ1n) is 16.1. The number of nitrogens with zero attached hydrogens (tertiary/aromatic N) is 1. The lowest BCUT2D eigenvalue weighted by molar-refractivity contribution is -0.213. The largest absolute Gasteiger partial charge is 0.478 e. The van der Waals surface area contributed by atoms with E-state index in [9.17, 15) is 14.4 Å². The van der Waals surface area contributed by atoms with Crippen LogP contribution in [0.3, 0.4) is 0 Å². The highest BCUT2D eigenvalue weighted by Crippen LogP contribution is 2.70. The molecule has 8 nitrogen and oxygen atoms in total. The minimum Gasteiger partial charge on any atom is -0.478 e. The van der Waals surface area contributed by atoms with Crippen LogP contribution >= 0.6 is 0 Å². The molecule has 0 N–H and O–H groups in total. The molecule has 42 heavy (non-hydrogen) atoms. The van der Waals surface area contributed by atoms with E-state index in [0.717, 1.165) is 38.5 Å². The average molecular weight is 584 g/mol. The van der Waals surface area contributed by atoms with E-state index >= 15 is 0 Å². The van der Waals surface area contributed by atoms with E-state index in [1.165, 1.54) is 32.6 Å². The maximum Gasteiger partial charge on any atom is 0.339 e. The topological polar surface area (TPSA) is 101 Å². The van der Waals surface area contributed by atoms with Crippen molar-refractivity contribution in [1.82, 2.24) is 4.98 Å². The molecule has 0 aliphatic heterocycles. The molecule has 8 heteroatoms. The van der Waals surface area contributed by atoms with Gasteiger partial charge in [0.2, 0.25) is 5.88 Å². The lowest BCUT2D eigenvalue weighted by atomic mass is 9.41. The standard InChI is InChI=1S/C34H49NO7/c1-6-24-28-17-23(41-19-36)11-14-34(28,4)27-12-15-33(3)25(8-9-26(33)30(27)31(24)42-20-37)21(2)13-16-40-29-10-7-22(18-35-29)32(38)39-5/h7,10,18-21,23-28,30-31H,6,8-9,11-17H2,1-5H3/t21-,23-,24-,25-,26+,27+,28+,30+,31-,33-,34-/m1/s1. The molecule has 0 saturated heterocycles. The van der Waals surface area contributed by atoms with Crippen LogP contribution < -0.4 is 4.74 Å². The van der Waals surface area contributed by atoms with Crippen LogP contribution in [-0.2, 0) is 23.8 Å². The Bertz CT molecular complexity index is 1110.